The first kappa shape index (κ1) is 15.3. The Hall–Kier alpha value is -2.14. The largest absolute Gasteiger partial charge is 0.334 e. The number of carbonyl (C=O) groups is 1. The molecule has 0 aliphatic rings. The highest BCUT2D eigenvalue weighted by atomic mass is 16.2. The molecule has 0 bridgehead atoms. The molecule has 21 heavy (non-hydrogen) atoms. The molecular formula is C16H22N4O. The minimum absolute atomic E-state index is 0.152. The molecular weight excluding hydrogens is 264 g/mol. The molecule has 2 aromatic rings. The molecule has 0 aliphatic carbocycles. The third-order valence-electron chi connectivity index (χ3n) is 3.27. The number of imidazole rings is 1. The summed E-state index contributed by atoms with van der Waals surface area (Å²) in [4.78, 5) is 16.4. The molecule has 2 rings (SSSR count). The summed E-state index contributed by atoms with van der Waals surface area (Å²) in [5, 5.41) is 2.87. The average Bonchev–Trinajstić information content (AvgIpc) is 2.84. The van der Waals surface area contributed by atoms with Crippen LogP contribution in [0.5, 0.6) is 0 Å². The van der Waals surface area contributed by atoms with E-state index in [4.69, 9.17) is 5.73 Å². The van der Waals surface area contributed by atoms with Crippen molar-refractivity contribution in [2.24, 2.45) is 18.7 Å². The molecule has 0 radical (unpaired) electrons. The number of rotatable bonds is 5. The van der Waals surface area contributed by atoms with Crippen LogP contribution in [-0.4, -0.2) is 21.5 Å². The van der Waals surface area contributed by atoms with Gasteiger partial charge in [0.1, 0.15) is 5.82 Å². The van der Waals surface area contributed by atoms with Crippen LogP contribution in [-0.2, 0) is 11.8 Å². The molecule has 0 aliphatic heterocycles. The van der Waals surface area contributed by atoms with Crippen LogP contribution in [0.25, 0.3) is 11.4 Å². The van der Waals surface area contributed by atoms with E-state index >= 15 is 0 Å². The van der Waals surface area contributed by atoms with Gasteiger partial charge in [0, 0.05) is 30.7 Å². The van der Waals surface area contributed by atoms with Gasteiger partial charge in [-0.15, -0.1) is 0 Å². The lowest BCUT2D eigenvalue weighted by Crippen LogP contribution is -2.36. The Kier molecular flexibility index (Phi) is 4.75. The number of amides is 1. The fourth-order valence-corrected chi connectivity index (χ4v) is 2.23. The number of nitrogens with two attached hydrogens (primary N) is 1. The van der Waals surface area contributed by atoms with E-state index in [1.54, 1.807) is 6.20 Å². The maximum Gasteiger partial charge on any atom is 0.241 e. The summed E-state index contributed by atoms with van der Waals surface area (Å²) in [6, 6.07) is 7.14. The van der Waals surface area contributed by atoms with Gasteiger partial charge in [0.2, 0.25) is 5.91 Å². The number of nitrogens with zero attached hydrogens (tertiary/aromatic N) is 2. The van der Waals surface area contributed by atoms with Crippen LogP contribution >= 0.6 is 0 Å². The molecule has 3 N–H and O–H groups in total. The zero-order valence-electron chi connectivity index (χ0n) is 12.7. The molecule has 0 spiro atoms. The molecule has 5 nitrogen and oxygen atoms in total. The number of hydrogen-bond acceptors (Lipinski definition) is 3. The molecule has 112 valence electrons. The second-order valence-corrected chi connectivity index (χ2v) is 5.67. The number of anilines is 1. The summed E-state index contributed by atoms with van der Waals surface area (Å²) in [6.45, 7) is 4.10. The van der Waals surface area contributed by atoms with Crippen LogP contribution in [0.2, 0.25) is 0 Å². The number of aromatic nitrogens is 2. The van der Waals surface area contributed by atoms with Gasteiger partial charge in [-0.1, -0.05) is 26.0 Å². The van der Waals surface area contributed by atoms with Gasteiger partial charge in [-0.3, -0.25) is 4.79 Å². The van der Waals surface area contributed by atoms with E-state index in [-0.39, 0.29) is 5.91 Å². The monoisotopic (exact) mass is 286 g/mol. The van der Waals surface area contributed by atoms with Crippen LogP contribution < -0.4 is 11.1 Å². The molecule has 1 amide bonds. The van der Waals surface area contributed by atoms with Gasteiger partial charge >= 0.3 is 0 Å². The fourth-order valence-electron chi connectivity index (χ4n) is 2.23. The molecule has 0 saturated heterocycles. The second-order valence-electron chi connectivity index (χ2n) is 5.67. The summed E-state index contributed by atoms with van der Waals surface area (Å²) in [5.74, 6) is 1.10. The Morgan fingerprint density at radius 3 is 2.81 bits per heavy atom. The summed E-state index contributed by atoms with van der Waals surface area (Å²) < 4.78 is 1.94. The van der Waals surface area contributed by atoms with Gasteiger partial charge in [-0.25, -0.2) is 4.98 Å². The smallest absolute Gasteiger partial charge is 0.241 e. The maximum absolute atomic E-state index is 12.1. The van der Waals surface area contributed by atoms with Gasteiger partial charge in [0.05, 0.1) is 6.04 Å². The topological polar surface area (TPSA) is 72.9 Å². The normalized spacial score (nSPS) is 12.4. The number of nitrogens with one attached hydrogen (secondary N) is 1. The molecule has 1 atom stereocenters. The van der Waals surface area contributed by atoms with E-state index in [2.05, 4.69) is 24.1 Å². The van der Waals surface area contributed by atoms with E-state index in [0.29, 0.717) is 12.3 Å². The van der Waals surface area contributed by atoms with Crippen LogP contribution in [0.1, 0.15) is 20.3 Å². The third-order valence-corrected chi connectivity index (χ3v) is 3.27. The van der Waals surface area contributed by atoms with Crippen LogP contribution in [0.15, 0.2) is 36.7 Å². The van der Waals surface area contributed by atoms with Gasteiger partial charge in [-0.2, -0.15) is 0 Å². The fraction of sp³-hybridized carbons (Fsp3) is 0.375. The molecule has 1 aromatic heterocycles. The Balaban J connectivity index is 2.12. The second kappa shape index (κ2) is 6.54. The first-order valence-corrected chi connectivity index (χ1v) is 7.11. The zero-order valence-corrected chi connectivity index (χ0v) is 12.7. The number of benzene rings is 1. The van der Waals surface area contributed by atoms with E-state index in [1.165, 1.54) is 0 Å². The van der Waals surface area contributed by atoms with E-state index in [9.17, 15) is 4.79 Å². The van der Waals surface area contributed by atoms with Crippen LogP contribution in [0, 0.1) is 5.92 Å². The minimum atomic E-state index is -0.484. The summed E-state index contributed by atoms with van der Waals surface area (Å²) in [6.07, 6.45) is 4.31. The number of hydrogen-bond donors (Lipinski definition) is 2. The van der Waals surface area contributed by atoms with Crippen LogP contribution in [0.3, 0.4) is 0 Å². The van der Waals surface area contributed by atoms with Crippen molar-refractivity contribution in [2.45, 2.75) is 26.3 Å². The lowest BCUT2D eigenvalue weighted by molar-refractivity contribution is -0.117. The lowest BCUT2D eigenvalue weighted by atomic mass is 10.0. The van der Waals surface area contributed by atoms with Crippen molar-refractivity contribution in [3.8, 4) is 11.4 Å². The van der Waals surface area contributed by atoms with Gasteiger partial charge in [0.25, 0.3) is 0 Å². The predicted molar refractivity (Wildman–Crippen MR) is 84.7 cm³/mol. The predicted octanol–water partition coefficient (Wildman–Crippen LogP) is 2.40. The lowest BCUT2D eigenvalue weighted by Gasteiger charge is -2.14. The van der Waals surface area contributed by atoms with Gasteiger partial charge < -0.3 is 15.6 Å². The standard InChI is InChI=1S/C16H22N4O/c1-11(2)9-14(17)16(21)19-13-6-4-5-12(10-13)15-18-7-8-20(15)3/h4-8,10-11,14H,9,17H2,1-3H3,(H,19,21)/t14-/m0/s1. The molecule has 1 heterocycles. The van der Waals surface area contributed by atoms with Crippen molar-refractivity contribution in [3.63, 3.8) is 0 Å². The highest BCUT2D eigenvalue weighted by Gasteiger charge is 2.15. The Morgan fingerprint density at radius 2 is 2.19 bits per heavy atom. The molecule has 0 unspecified atom stereocenters. The maximum atomic E-state index is 12.1. The SMILES string of the molecule is CC(C)C[C@H](N)C(=O)Nc1cccc(-c2nccn2C)c1. The molecule has 0 saturated carbocycles. The molecule has 1 aromatic carbocycles. The first-order chi connectivity index (χ1) is 9.97. The van der Waals surface area contributed by atoms with Crippen molar-refractivity contribution in [3.05, 3.63) is 36.7 Å². The summed E-state index contributed by atoms with van der Waals surface area (Å²) >= 11 is 0. The number of carbonyl (C=O) groups excluding carboxylic acids is 1. The van der Waals surface area contributed by atoms with Gasteiger partial charge in [0.15, 0.2) is 0 Å². The summed E-state index contributed by atoms with van der Waals surface area (Å²) in [5.41, 5.74) is 7.59. The van der Waals surface area contributed by atoms with Crippen molar-refractivity contribution >= 4 is 11.6 Å². The van der Waals surface area contributed by atoms with E-state index < -0.39 is 6.04 Å². The Labute approximate surface area is 125 Å². The third kappa shape index (κ3) is 3.92. The van der Waals surface area contributed by atoms with Gasteiger partial charge in [-0.05, 0) is 24.5 Å². The van der Waals surface area contributed by atoms with Crippen molar-refractivity contribution in [2.75, 3.05) is 5.32 Å². The minimum Gasteiger partial charge on any atom is -0.334 e. The molecule has 5 heteroatoms. The highest BCUT2D eigenvalue weighted by molar-refractivity contribution is 5.95. The van der Waals surface area contributed by atoms with Crippen molar-refractivity contribution < 1.29 is 4.79 Å². The first-order valence-electron chi connectivity index (χ1n) is 7.11. The van der Waals surface area contributed by atoms with Crippen LogP contribution in [0.4, 0.5) is 5.69 Å². The number of aryl methyl sites for hydroxylation is 1. The zero-order chi connectivity index (χ0) is 15.4. The summed E-state index contributed by atoms with van der Waals surface area (Å²) in [7, 11) is 1.94. The Bertz CT molecular complexity index is 618. The van der Waals surface area contributed by atoms with Crippen molar-refractivity contribution in [1.82, 2.24) is 9.55 Å². The highest BCUT2D eigenvalue weighted by Crippen LogP contribution is 2.20. The Morgan fingerprint density at radius 1 is 1.43 bits per heavy atom. The van der Waals surface area contributed by atoms with Crippen molar-refractivity contribution in [1.29, 1.82) is 0 Å². The van der Waals surface area contributed by atoms with E-state index in [0.717, 1.165) is 17.1 Å². The average molecular weight is 286 g/mol. The molecule has 0 fully saturated rings. The van der Waals surface area contributed by atoms with E-state index in [1.807, 2.05) is 42.1 Å². The quantitative estimate of drug-likeness (QED) is 0.886.